The molecule has 0 spiro atoms. The van der Waals surface area contributed by atoms with Gasteiger partial charge in [-0.3, -0.25) is 0 Å². The largest absolute Gasteiger partial charge is 2.00 e. The summed E-state index contributed by atoms with van der Waals surface area (Å²) in [6.07, 6.45) is -10.8. The summed E-state index contributed by atoms with van der Waals surface area (Å²) in [4.78, 5) is 20.8. The van der Waals surface area contributed by atoms with Crippen molar-refractivity contribution < 1.29 is 77.7 Å². The van der Waals surface area contributed by atoms with E-state index >= 15 is 0 Å². The molecule has 0 heterocycles. The number of hydrogen-bond donors (Lipinski definition) is 8. The van der Waals surface area contributed by atoms with Gasteiger partial charge >= 0.3 is 17.1 Å². The Labute approximate surface area is 163 Å². The Bertz CT molecular complexity index is 458. The third kappa shape index (κ3) is 6.06. The molecule has 2 rings (SSSR count). The van der Waals surface area contributed by atoms with Gasteiger partial charge in [-0.2, -0.15) is 0 Å². The summed E-state index contributed by atoms with van der Waals surface area (Å²) in [6, 6.07) is 0. The monoisotopic (exact) mass is 445 g/mol. The molecule has 0 unspecified atom stereocenters. The van der Waals surface area contributed by atoms with E-state index in [1.54, 1.807) is 0 Å². The Hall–Kier alpha value is -0.861. The molecule has 12 nitrogen and oxygen atoms in total. The van der Waals surface area contributed by atoms with Gasteiger partial charge in [-0.1, -0.05) is 0 Å². The number of carbonyl (C=O) groups excluding carboxylic acids is 2. The molecule has 8 N–H and O–H groups in total. The van der Waals surface area contributed by atoms with Crippen molar-refractivity contribution in [3.63, 3.8) is 0 Å². The van der Waals surface area contributed by atoms with Gasteiger partial charge in [0, 0.05) is 25.7 Å². The van der Waals surface area contributed by atoms with Crippen LogP contribution in [0.2, 0.25) is 0 Å². The zero-order valence-corrected chi connectivity index (χ0v) is 14.7. The summed E-state index contributed by atoms with van der Waals surface area (Å²) in [5, 5.41) is 93.8. The van der Waals surface area contributed by atoms with E-state index in [9.17, 15) is 30.0 Å². The summed E-state index contributed by atoms with van der Waals surface area (Å²) in [5.41, 5.74) is -4.50. The van der Waals surface area contributed by atoms with E-state index < -0.39 is 85.4 Å². The first-order valence-electron chi connectivity index (χ1n) is 7.69. The van der Waals surface area contributed by atoms with Crippen molar-refractivity contribution in [1.82, 2.24) is 0 Å². The number of carboxylic acid groups (broad SMARTS) is 2. The molecule has 1 radical (unpaired) electrons. The minimum Gasteiger partial charge on any atom is -0.547 e. The van der Waals surface area contributed by atoms with Gasteiger partial charge in [-0.25, -0.2) is 0 Å². The van der Waals surface area contributed by atoms with Crippen LogP contribution in [0.25, 0.3) is 0 Å². The summed E-state index contributed by atoms with van der Waals surface area (Å²) >= 11 is 0. The molecular formula is C14H22CuO12. The van der Waals surface area contributed by atoms with Crippen molar-refractivity contribution in [3.05, 3.63) is 0 Å². The van der Waals surface area contributed by atoms with Crippen LogP contribution in [-0.2, 0) is 26.7 Å². The zero-order valence-electron chi connectivity index (χ0n) is 13.8. The number of carboxylic acids is 2. The van der Waals surface area contributed by atoms with Crippen LogP contribution in [0.1, 0.15) is 25.7 Å². The molecule has 13 heteroatoms. The Morgan fingerprint density at radius 1 is 0.630 bits per heavy atom. The van der Waals surface area contributed by atoms with E-state index in [1.165, 1.54) is 0 Å². The fraction of sp³-hybridized carbons (Fsp3) is 0.857. The average Bonchev–Trinajstić information content (AvgIpc) is 2.50. The van der Waals surface area contributed by atoms with Crippen molar-refractivity contribution in [2.75, 3.05) is 0 Å². The van der Waals surface area contributed by atoms with E-state index in [0.29, 0.717) is 0 Å². The van der Waals surface area contributed by atoms with Gasteiger partial charge in [0.1, 0.15) is 23.4 Å². The first-order chi connectivity index (χ1) is 11.7. The van der Waals surface area contributed by atoms with Gasteiger partial charge in [0.15, 0.2) is 0 Å². The molecule has 0 amide bonds. The topological polar surface area (TPSA) is 242 Å². The van der Waals surface area contributed by atoms with E-state index in [-0.39, 0.29) is 17.1 Å². The van der Waals surface area contributed by atoms with Crippen LogP contribution in [0.4, 0.5) is 0 Å². The van der Waals surface area contributed by atoms with Crippen molar-refractivity contribution >= 4 is 11.9 Å². The molecule has 0 aromatic rings. The van der Waals surface area contributed by atoms with Crippen LogP contribution in [0.5, 0.6) is 0 Å². The number of aliphatic carboxylic acids is 2. The fourth-order valence-corrected chi connectivity index (χ4v) is 2.88. The molecule has 0 saturated heterocycles. The van der Waals surface area contributed by atoms with Crippen LogP contribution >= 0.6 is 0 Å². The van der Waals surface area contributed by atoms with E-state index in [0.717, 1.165) is 0 Å². The Morgan fingerprint density at radius 3 is 0.963 bits per heavy atom. The number of aliphatic hydroxyl groups excluding tert-OH is 6. The van der Waals surface area contributed by atoms with E-state index in [4.69, 9.17) is 30.6 Å². The van der Waals surface area contributed by atoms with Gasteiger partial charge in [0.2, 0.25) is 0 Å². The van der Waals surface area contributed by atoms with Crippen molar-refractivity contribution in [2.24, 2.45) is 0 Å². The van der Waals surface area contributed by atoms with Crippen LogP contribution < -0.4 is 10.2 Å². The maximum atomic E-state index is 10.4. The van der Waals surface area contributed by atoms with Crippen LogP contribution in [0.15, 0.2) is 0 Å². The van der Waals surface area contributed by atoms with Gasteiger partial charge in [-0.05, 0) is 0 Å². The fourth-order valence-electron chi connectivity index (χ4n) is 2.88. The second-order valence-corrected chi connectivity index (χ2v) is 6.71. The minimum atomic E-state index is -2.25. The van der Waals surface area contributed by atoms with Gasteiger partial charge < -0.3 is 60.7 Å². The normalized spacial score (nSPS) is 44.3. The van der Waals surface area contributed by atoms with E-state index in [1.807, 2.05) is 0 Å². The summed E-state index contributed by atoms with van der Waals surface area (Å²) in [6.45, 7) is 0. The van der Waals surface area contributed by atoms with Gasteiger partial charge in [0.05, 0.1) is 36.4 Å². The van der Waals surface area contributed by atoms with Crippen molar-refractivity contribution in [3.8, 4) is 0 Å². The summed E-state index contributed by atoms with van der Waals surface area (Å²) in [5.74, 6) is -3.50. The molecule has 0 bridgehead atoms. The van der Waals surface area contributed by atoms with Crippen molar-refractivity contribution in [2.45, 2.75) is 73.5 Å². The average molecular weight is 446 g/mol. The Morgan fingerprint density at radius 2 is 0.815 bits per heavy atom. The van der Waals surface area contributed by atoms with Crippen LogP contribution in [0.3, 0.4) is 0 Å². The molecule has 0 aliphatic heterocycles. The number of carbonyl (C=O) groups is 2. The third-order valence-corrected chi connectivity index (χ3v) is 4.52. The Balaban J connectivity index is 0.000000483. The van der Waals surface area contributed by atoms with Crippen LogP contribution in [-0.4, -0.2) is 101 Å². The van der Waals surface area contributed by atoms with Crippen molar-refractivity contribution in [1.29, 1.82) is 0 Å². The minimum absolute atomic E-state index is 0. The first-order valence-corrected chi connectivity index (χ1v) is 7.69. The third-order valence-electron chi connectivity index (χ3n) is 4.52. The van der Waals surface area contributed by atoms with Gasteiger partial charge in [0.25, 0.3) is 0 Å². The molecule has 2 aliphatic carbocycles. The second kappa shape index (κ2) is 9.56. The molecular weight excluding hydrogens is 424 g/mol. The Kier molecular flexibility index (Phi) is 9.26. The molecule has 0 aromatic carbocycles. The maximum Gasteiger partial charge on any atom is 2.00 e. The quantitative estimate of drug-likeness (QED) is 0.185. The number of aliphatic hydroxyl groups is 8. The molecule has 2 saturated carbocycles. The molecule has 2 fully saturated rings. The smallest absolute Gasteiger partial charge is 0.547 e. The molecule has 4 atom stereocenters. The predicted molar refractivity (Wildman–Crippen MR) is 74.4 cm³/mol. The molecule has 0 aromatic heterocycles. The second-order valence-electron chi connectivity index (χ2n) is 6.71. The number of hydrogen-bond acceptors (Lipinski definition) is 12. The van der Waals surface area contributed by atoms with Crippen LogP contribution in [0, 0.1) is 0 Å². The molecule has 2 aliphatic rings. The summed E-state index contributed by atoms with van der Waals surface area (Å²) < 4.78 is 0. The zero-order chi connectivity index (χ0) is 20.4. The number of rotatable bonds is 2. The van der Waals surface area contributed by atoms with E-state index in [2.05, 4.69) is 0 Å². The maximum absolute atomic E-state index is 10.4. The standard InChI is InChI=1S/2C7H12O6.Cu/c2*8-3-1-7(13,6(11)12)2-4(9)5(3)10;/h2*3-5,8-10,13H,1-2H2,(H,11,12);/q;;+2/p-2/t2*3-,4-,5?,7?;/m11./s1. The predicted octanol–water partition coefficient (Wildman–Crippen LogP) is -7.31. The summed E-state index contributed by atoms with van der Waals surface area (Å²) in [7, 11) is 0. The first kappa shape index (κ1) is 26.1. The SMILES string of the molecule is O=C([O-])C1(O)C[C@@H](O)C(O)[C@H](O)C1.O=C([O-])C1(O)C[C@@H](O)C(O)[C@H](O)C1.[Cu+2]. The van der Waals surface area contributed by atoms with Gasteiger partial charge in [-0.15, -0.1) is 0 Å². The molecule has 27 heavy (non-hydrogen) atoms. The molecule has 161 valence electrons.